The Balaban J connectivity index is 1.41. The van der Waals surface area contributed by atoms with E-state index in [2.05, 4.69) is 14.4 Å². The predicted octanol–water partition coefficient (Wildman–Crippen LogP) is 3.63. The first-order chi connectivity index (χ1) is 18.3. The Labute approximate surface area is 229 Å². The fourth-order valence-electron chi connectivity index (χ4n) is 6.43. The van der Waals surface area contributed by atoms with E-state index in [1.54, 1.807) is 4.90 Å². The normalized spacial score (nSPS) is 27.1. The number of nitrogens with zero attached hydrogens (tertiary/aromatic N) is 2. The van der Waals surface area contributed by atoms with E-state index in [-0.39, 0.29) is 68.8 Å². The van der Waals surface area contributed by atoms with Crippen LogP contribution in [0.25, 0.3) is 0 Å². The molecule has 4 atom stereocenters. The van der Waals surface area contributed by atoms with Crippen molar-refractivity contribution in [3.63, 3.8) is 0 Å². The Kier molecular flexibility index (Phi) is 5.97. The molecule has 206 valence electrons. The second kappa shape index (κ2) is 8.93. The standard InChI is InChI=1S/C25H24ClFN4O6S2/c1-38(34,35)29-15-5-7-18-19(10-15)39(36,37)30-24(28-18)21-23(32)20-13-3-4-14(9-13)22(20)31(25(21)33)11-12-2-6-17(27)16(26)8-12/h2,5-8,10,13-14,20,22,29,32H,3-4,9,11H2,1H3,(H,28,30)/t13-,14+,20?,22?/m0/s1. The van der Waals surface area contributed by atoms with Crippen LogP contribution in [-0.2, 0) is 31.4 Å². The molecule has 1 amide bonds. The number of halogens is 2. The fourth-order valence-corrected chi connectivity index (χ4v) is 8.34. The first kappa shape index (κ1) is 26.1. The van der Waals surface area contributed by atoms with E-state index >= 15 is 0 Å². The van der Waals surface area contributed by atoms with Gasteiger partial charge in [0.15, 0.2) is 5.84 Å². The summed E-state index contributed by atoms with van der Waals surface area (Å²) in [7, 11) is -8.02. The molecule has 6 rings (SSSR count). The first-order valence-electron chi connectivity index (χ1n) is 12.2. The molecule has 2 saturated carbocycles. The summed E-state index contributed by atoms with van der Waals surface area (Å²) in [6.45, 7) is 0.0944. The van der Waals surface area contributed by atoms with Gasteiger partial charge >= 0.3 is 0 Å². The summed E-state index contributed by atoms with van der Waals surface area (Å²) < 4.78 is 69.4. The minimum absolute atomic E-state index is 0.0324. The van der Waals surface area contributed by atoms with Gasteiger partial charge in [-0.2, -0.15) is 8.42 Å². The lowest BCUT2D eigenvalue weighted by Gasteiger charge is -2.44. The zero-order valence-electron chi connectivity index (χ0n) is 20.6. The monoisotopic (exact) mass is 594 g/mol. The second-order valence-corrected chi connectivity index (χ2v) is 14.1. The Morgan fingerprint density at radius 1 is 1.21 bits per heavy atom. The summed E-state index contributed by atoms with van der Waals surface area (Å²) in [4.78, 5) is 15.3. The number of nitrogens with one attached hydrogen (secondary N) is 2. The topological polar surface area (TPSA) is 145 Å². The smallest absolute Gasteiger partial charge is 0.286 e. The highest BCUT2D eigenvalue weighted by atomic mass is 35.5. The molecule has 39 heavy (non-hydrogen) atoms. The highest BCUT2D eigenvalue weighted by molar-refractivity contribution is 7.92. The second-order valence-electron chi connectivity index (χ2n) is 10.4. The molecule has 3 N–H and O–H groups in total. The van der Waals surface area contributed by atoms with E-state index in [0.29, 0.717) is 5.56 Å². The number of amidine groups is 1. The van der Waals surface area contributed by atoms with Crippen LogP contribution >= 0.6 is 11.6 Å². The third-order valence-corrected chi connectivity index (χ3v) is 10.1. The van der Waals surface area contributed by atoms with E-state index in [4.69, 9.17) is 11.6 Å². The number of anilines is 2. The van der Waals surface area contributed by atoms with E-state index in [1.807, 2.05) is 0 Å². The van der Waals surface area contributed by atoms with Crippen LogP contribution in [0.4, 0.5) is 15.8 Å². The molecule has 10 nitrogen and oxygen atoms in total. The lowest BCUT2D eigenvalue weighted by atomic mass is 9.77. The predicted molar refractivity (Wildman–Crippen MR) is 143 cm³/mol. The number of fused-ring (bicyclic) bond motifs is 6. The van der Waals surface area contributed by atoms with Gasteiger partial charge in [-0.3, -0.25) is 9.52 Å². The van der Waals surface area contributed by atoms with Gasteiger partial charge in [-0.15, -0.1) is 4.40 Å². The Hall–Kier alpha value is -3.16. The summed E-state index contributed by atoms with van der Waals surface area (Å²) in [5, 5.41) is 14.2. The molecule has 0 saturated heterocycles. The summed E-state index contributed by atoms with van der Waals surface area (Å²) in [5.41, 5.74) is 0.480. The minimum atomic E-state index is -4.37. The Morgan fingerprint density at radius 3 is 2.67 bits per heavy atom. The molecule has 0 aromatic heterocycles. The molecule has 4 aliphatic rings. The summed E-state index contributed by atoms with van der Waals surface area (Å²) in [6.07, 6.45) is 3.56. The van der Waals surface area contributed by atoms with Crippen molar-refractivity contribution in [3.05, 3.63) is 64.1 Å². The molecule has 2 aromatic carbocycles. The zero-order chi connectivity index (χ0) is 27.9. The Bertz CT molecular complexity index is 1710. The Morgan fingerprint density at radius 2 is 1.95 bits per heavy atom. The van der Waals surface area contributed by atoms with Crippen LogP contribution in [0.5, 0.6) is 0 Å². The number of benzene rings is 2. The number of hydrogen-bond donors (Lipinski definition) is 3. The molecule has 2 aromatic rings. The van der Waals surface area contributed by atoms with Gasteiger partial charge < -0.3 is 15.3 Å². The van der Waals surface area contributed by atoms with Crippen LogP contribution in [0.3, 0.4) is 0 Å². The maximum atomic E-state index is 14.0. The highest BCUT2D eigenvalue weighted by Gasteiger charge is 2.57. The molecular weight excluding hydrogens is 571 g/mol. The number of aliphatic hydroxyl groups excluding tert-OH is 1. The average molecular weight is 595 g/mol. The third kappa shape index (κ3) is 4.45. The fraction of sp³-hybridized carbons (Fsp3) is 0.360. The van der Waals surface area contributed by atoms with Gasteiger partial charge in [-0.25, -0.2) is 12.8 Å². The molecular formula is C25H24ClFN4O6S2. The number of hydrogen-bond acceptors (Lipinski definition) is 7. The molecule has 2 unspecified atom stereocenters. The van der Waals surface area contributed by atoms with Crippen molar-refractivity contribution in [3.8, 4) is 0 Å². The highest BCUT2D eigenvalue weighted by Crippen LogP contribution is 2.55. The number of rotatable bonds is 5. The van der Waals surface area contributed by atoms with Gasteiger partial charge in [-0.05, 0) is 67.0 Å². The van der Waals surface area contributed by atoms with Crippen molar-refractivity contribution in [1.29, 1.82) is 0 Å². The molecule has 2 fully saturated rings. The lowest BCUT2D eigenvalue weighted by Crippen LogP contribution is -2.53. The zero-order valence-corrected chi connectivity index (χ0v) is 22.9. The van der Waals surface area contributed by atoms with Crippen LogP contribution < -0.4 is 10.0 Å². The van der Waals surface area contributed by atoms with Crippen LogP contribution in [0.2, 0.25) is 5.02 Å². The van der Waals surface area contributed by atoms with E-state index in [0.717, 1.165) is 31.6 Å². The van der Waals surface area contributed by atoms with Crippen molar-refractivity contribution in [2.45, 2.75) is 36.7 Å². The third-order valence-electron chi connectivity index (χ3n) is 7.88. The van der Waals surface area contributed by atoms with Crippen LogP contribution in [0.15, 0.2) is 57.0 Å². The largest absolute Gasteiger partial charge is 0.511 e. The van der Waals surface area contributed by atoms with Crippen molar-refractivity contribution >= 4 is 54.8 Å². The molecule has 2 aliphatic carbocycles. The van der Waals surface area contributed by atoms with Gasteiger partial charge in [0.05, 0.1) is 17.0 Å². The van der Waals surface area contributed by atoms with Gasteiger partial charge in [0, 0.05) is 24.2 Å². The number of carbonyl (C=O) groups excluding carboxylic acids is 1. The number of aliphatic hydroxyl groups is 1. The minimum Gasteiger partial charge on any atom is -0.511 e. The van der Waals surface area contributed by atoms with E-state index in [9.17, 15) is 31.1 Å². The molecule has 0 spiro atoms. The van der Waals surface area contributed by atoms with Crippen LogP contribution in [0.1, 0.15) is 24.8 Å². The number of sulfonamides is 2. The molecule has 14 heteroatoms. The summed E-state index contributed by atoms with van der Waals surface area (Å²) in [6, 6.07) is 7.78. The van der Waals surface area contributed by atoms with Crippen LogP contribution in [-0.4, -0.2) is 50.9 Å². The maximum absolute atomic E-state index is 14.0. The van der Waals surface area contributed by atoms with Crippen molar-refractivity contribution in [2.75, 3.05) is 16.3 Å². The van der Waals surface area contributed by atoms with Gasteiger partial charge in [-0.1, -0.05) is 17.7 Å². The quantitative estimate of drug-likeness (QED) is 0.479. The number of carbonyl (C=O) groups is 1. The lowest BCUT2D eigenvalue weighted by molar-refractivity contribution is -0.134. The molecule has 0 radical (unpaired) electrons. The van der Waals surface area contributed by atoms with Gasteiger partial charge in [0.2, 0.25) is 10.0 Å². The van der Waals surface area contributed by atoms with Gasteiger partial charge in [0.25, 0.3) is 15.9 Å². The van der Waals surface area contributed by atoms with Crippen LogP contribution in [0, 0.1) is 23.6 Å². The molecule has 2 aliphatic heterocycles. The maximum Gasteiger partial charge on any atom is 0.286 e. The van der Waals surface area contributed by atoms with E-state index < -0.39 is 31.8 Å². The summed E-state index contributed by atoms with van der Waals surface area (Å²) in [5.74, 6) is -1.76. The van der Waals surface area contributed by atoms with Crippen molar-refractivity contribution in [1.82, 2.24) is 4.90 Å². The van der Waals surface area contributed by atoms with Crippen molar-refractivity contribution < 1.29 is 31.1 Å². The average Bonchev–Trinajstić information content (AvgIpc) is 3.46. The van der Waals surface area contributed by atoms with Gasteiger partial charge in [0.1, 0.15) is 22.0 Å². The van der Waals surface area contributed by atoms with Crippen molar-refractivity contribution in [2.24, 2.45) is 22.2 Å². The first-order valence-corrected chi connectivity index (χ1v) is 16.0. The SMILES string of the molecule is CS(=O)(=O)Nc1ccc2c(c1)S(=O)(=O)N=C(C1=C(O)C3C([C@@H]4CC[C@H]3C4)N(Cc3ccc(F)c(Cl)c3)C1=O)N2. The molecule has 2 heterocycles. The van der Waals surface area contributed by atoms with E-state index in [1.165, 1.54) is 30.3 Å². The summed E-state index contributed by atoms with van der Waals surface area (Å²) >= 11 is 5.98. The number of amides is 1. The molecule has 2 bridgehead atoms.